The summed E-state index contributed by atoms with van der Waals surface area (Å²) in [5, 5.41) is 0. The van der Waals surface area contributed by atoms with Crippen LogP contribution in [0.2, 0.25) is 0 Å². The van der Waals surface area contributed by atoms with Crippen molar-refractivity contribution >= 4 is 23.8 Å². The van der Waals surface area contributed by atoms with Gasteiger partial charge in [-0.15, -0.1) is 0 Å². The van der Waals surface area contributed by atoms with E-state index in [9.17, 15) is 14.4 Å². The third-order valence-electron chi connectivity index (χ3n) is 5.04. The van der Waals surface area contributed by atoms with E-state index in [0.29, 0.717) is 37.5 Å². The Hall–Kier alpha value is -2.77. The predicted molar refractivity (Wildman–Crippen MR) is 108 cm³/mol. The van der Waals surface area contributed by atoms with Gasteiger partial charge in [0.2, 0.25) is 0 Å². The van der Waals surface area contributed by atoms with Gasteiger partial charge in [0.1, 0.15) is 12.2 Å². The molecule has 3 rings (SSSR count). The molecule has 3 amide bonds. The van der Waals surface area contributed by atoms with Gasteiger partial charge in [-0.25, -0.2) is 9.59 Å². The molecule has 0 aromatic heterocycles. The fourth-order valence-electron chi connectivity index (χ4n) is 3.59. The third-order valence-corrected chi connectivity index (χ3v) is 5.04. The third kappa shape index (κ3) is 4.63. The standard InChI is InChI=1S/C21H29N3O5/c1-14-13-24(20(27)29-21(3,4)5)15(2)12-23(14)18(25)16-7-6-8-17(11-16)22-9-10-28-19(22)26/h6-8,11,14-15H,9-10,12-13H2,1-5H3/t14-,15+/m1/s1. The van der Waals surface area contributed by atoms with Gasteiger partial charge in [0.25, 0.3) is 5.91 Å². The summed E-state index contributed by atoms with van der Waals surface area (Å²) < 4.78 is 10.5. The first-order valence-corrected chi connectivity index (χ1v) is 9.92. The van der Waals surface area contributed by atoms with Crippen LogP contribution in [0.3, 0.4) is 0 Å². The van der Waals surface area contributed by atoms with Gasteiger partial charge in [-0.2, -0.15) is 0 Å². The van der Waals surface area contributed by atoms with Crippen molar-refractivity contribution in [3.63, 3.8) is 0 Å². The second-order valence-electron chi connectivity index (χ2n) is 8.60. The number of cyclic esters (lactones) is 1. The van der Waals surface area contributed by atoms with E-state index in [1.807, 2.05) is 34.6 Å². The summed E-state index contributed by atoms with van der Waals surface area (Å²) in [4.78, 5) is 42.4. The first kappa shape index (κ1) is 21.0. The lowest BCUT2D eigenvalue weighted by atomic mass is 10.1. The van der Waals surface area contributed by atoms with Crippen molar-refractivity contribution in [2.75, 3.05) is 31.1 Å². The van der Waals surface area contributed by atoms with Gasteiger partial charge < -0.3 is 19.3 Å². The number of hydrogen-bond acceptors (Lipinski definition) is 5. The lowest BCUT2D eigenvalue weighted by molar-refractivity contribution is -0.00788. The molecule has 8 nitrogen and oxygen atoms in total. The van der Waals surface area contributed by atoms with E-state index in [4.69, 9.17) is 9.47 Å². The average molecular weight is 403 g/mol. The van der Waals surface area contributed by atoms with Crippen molar-refractivity contribution < 1.29 is 23.9 Å². The number of amides is 3. The Morgan fingerprint density at radius 1 is 1.10 bits per heavy atom. The number of rotatable bonds is 2. The number of piperazine rings is 1. The van der Waals surface area contributed by atoms with Gasteiger partial charge in [0, 0.05) is 36.4 Å². The van der Waals surface area contributed by atoms with E-state index in [2.05, 4.69) is 0 Å². The van der Waals surface area contributed by atoms with Crippen LogP contribution in [0.4, 0.5) is 15.3 Å². The fraction of sp³-hybridized carbons (Fsp3) is 0.571. The molecule has 29 heavy (non-hydrogen) atoms. The smallest absolute Gasteiger partial charge is 0.414 e. The van der Waals surface area contributed by atoms with E-state index in [0.717, 1.165) is 0 Å². The first-order valence-electron chi connectivity index (χ1n) is 9.92. The summed E-state index contributed by atoms with van der Waals surface area (Å²) in [6.45, 7) is 11.0. The largest absolute Gasteiger partial charge is 0.447 e. The molecule has 2 saturated heterocycles. The lowest BCUT2D eigenvalue weighted by Gasteiger charge is -2.44. The zero-order valence-electron chi connectivity index (χ0n) is 17.7. The van der Waals surface area contributed by atoms with Crippen molar-refractivity contribution in [2.45, 2.75) is 52.3 Å². The highest BCUT2D eigenvalue weighted by atomic mass is 16.6. The van der Waals surface area contributed by atoms with Gasteiger partial charge >= 0.3 is 12.2 Å². The fourth-order valence-corrected chi connectivity index (χ4v) is 3.59. The second-order valence-corrected chi connectivity index (χ2v) is 8.60. The molecule has 2 atom stereocenters. The van der Waals surface area contributed by atoms with Gasteiger partial charge in [-0.3, -0.25) is 9.69 Å². The molecule has 0 spiro atoms. The van der Waals surface area contributed by atoms with Crippen LogP contribution < -0.4 is 4.90 Å². The highest BCUT2D eigenvalue weighted by Crippen LogP contribution is 2.24. The number of benzene rings is 1. The molecule has 2 fully saturated rings. The maximum Gasteiger partial charge on any atom is 0.414 e. The number of nitrogens with zero attached hydrogens (tertiary/aromatic N) is 3. The monoisotopic (exact) mass is 403 g/mol. The minimum atomic E-state index is -0.565. The van der Waals surface area contributed by atoms with Gasteiger partial charge in [-0.05, 0) is 52.8 Å². The molecular weight excluding hydrogens is 374 g/mol. The number of hydrogen-bond donors (Lipinski definition) is 0. The average Bonchev–Trinajstić information content (AvgIpc) is 3.07. The first-order chi connectivity index (χ1) is 13.6. The topological polar surface area (TPSA) is 79.4 Å². The predicted octanol–water partition coefficient (Wildman–Crippen LogP) is 3.11. The molecule has 2 aliphatic heterocycles. The van der Waals surface area contributed by atoms with Crippen LogP contribution in [0, 0.1) is 0 Å². The molecule has 0 radical (unpaired) electrons. The van der Waals surface area contributed by atoms with Gasteiger partial charge in [-0.1, -0.05) is 6.07 Å². The number of carbonyl (C=O) groups is 3. The number of carbonyl (C=O) groups excluding carboxylic acids is 3. The van der Waals surface area contributed by atoms with Crippen LogP contribution >= 0.6 is 0 Å². The Balaban J connectivity index is 1.72. The Morgan fingerprint density at radius 3 is 2.38 bits per heavy atom. The molecule has 2 heterocycles. The van der Waals surface area contributed by atoms with E-state index in [1.54, 1.807) is 34.1 Å². The maximum absolute atomic E-state index is 13.2. The quantitative estimate of drug-likeness (QED) is 0.758. The minimum absolute atomic E-state index is 0.123. The Bertz CT molecular complexity index is 804. The molecule has 1 aromatic carbocycles. The number of anilines is 1. The van der Waals surface area contributed by atoms with Crippen LogP contribution in [0.15, 0.2) is 24.3 Å². The molecule has 0 N–H and O–H groups in total. The van der Waals surface area contributed by atoms with Crippen molar-refractivity contribution in [1.82, 2.24) is 9.80 Å². The maximum atomic E-state index is 13.2. The summed E-state index contributed by atoms with van der Waals surface area (Å²) in [6, 6.07) is 6.68. The molecule has 1 aromatic rings. The SMILES string of the molecule is C[C@@H]1CN(C(=O)OC(C)(C)C)[C@@H](C)CN1C(=O)c1cccc(N2CCOC2=O)c1. The zero-order valence-corrected chi connectivity index (χ0v) is 17.7. The van der Waals surface area contributed by atoms with Crippen LogP contribution in [0.25, 0.3) is 0 Å². The molecular formula is C21H29N3O5. The molecule has 0 saturated carbocycles. The van der Waals surface area contributed by atoms with Crippen molar-refractivity contribution in [2.24, 2.45) is 0 Å². The van der Waals surface area contributed by atoms with Gasteiger partial charge in [0.15, 0.2) is 0 Å². The highest BCUT2D eigenvalue weighted by molar-refractivity contribution is 5.97. The van der Waals surface area contributed by atoms with Crippen LogP contribution in [0.1, 0.15) is 45.0 Å². The second kappa shape index (κ2) is 7.93. The molecule has 0 aliphatic carbocycles. The lowest BCUT2D eigenvalue weighted by Crippen LogP contribution is -2.60. The van der Waals surface area contributed by atoms with E-state index in [-0.39, 0.29) is 24.1 Å². The Morgan fingerprint density at radius 2 is 1.76 bits per heavy atom. The molecule has 0 bridgehead atoms. The van der Waals surface area contributed by atoms with Crippen LogP contribution in [-0.2, 0) is 9.47 Å². The summed E-state index contributed by atoms with van der Waals surface area (Å²) in [5.41, 5.74) is 0.586. The zero-order chi connectivity index (χ0) is 21.3. The summed E-state index contributed by atoms with van der Waals surface area (Å²) in [5.74, 6) is -0.123. The molecule has 8 heteroatoms. The van der Waals surface area contributed by atoms with E-state index in [1.165, 1.54) is 4.90 Å². The van der Waals surface area contributed by atoms with Crippen LogP contribution in [0.5, 0.6) is 0 Å². The minimum Gasteiger partial charge on any atom is -0.447 e. The molecule has 2 aliphatic rings. The summed E-state index contributed by atoms with van der Waals surface area (Å²) in [7, 11) is 0. The van der Waals surface area contributed by atoms with E-state index >= 15 is 0 Å². The van der Waals surface area contributed by atoms with Crippen molar-refractivity contribution in [3.8, 4) is 0 Å². The number of ether oxygens (including phenoxy) is 2. The summed E-state index contributed by atoms with van der Waals surface area (Å²) in [6.07, 6.45) is -0.763. The normalized spacial score (nSPS) is 22.5. The van der Waals surface area contributed by atoms with Crippen LogP contribution in [-0.4, -0.2) is 71.8 Å². The Kier molecular flexibility index (Phi) is 5.73. The molecule has 0 unspecified atom stereocenters. The van der Waals surface area contributed by atoms with Gasteiger partial charge in [0.05, 0.1) is 6.54 Å². The highest BCUT2D eigenvalue weighted by Gasteiger charge is 2.37. The molecule has 158 valence electrons. The Labute approximate surface area is 171 Å². The van der Waals surface area contributed by atoms with Crippen molar-refractivity contribution in [1.29, 1.82) is 0 Å². The van der Waals surface area contributed by atoms with E-state index < -0.39 is 11.7 Å². The summed E-state index contributed by atoms with van der Waals surface area (Å²) >= 11 is 0. The van der Waals surface area contributed by atoms with Crippen molar-refractivity contribution in [3.05, 3.63) is 29.8 Å².